The second-order valence-electron chi connectivity index (χ2n) is 7.74. The number of halogens is 1. The molecule has 1 atom stereocenters. The molecule has 3 rings (SSSR count). The molecule has 0 saturated carbocycles. The summed E-state index contributed by atoms with van der Waals surface area (Å²) in [4.78, 5) is 50.4. The van der Waals surface area contributed by atoms with Crippen molar-refractivity contribution in [3.63, 3.8) is 0 Å². The highest BCUT2D eigenvalue weighted by Crippen LogP contribution is 2.27. The molecule has 0 bridgehead atoms. The zero-order valence-electron chi connectivity index (χ0n) is 18.6. The summed E-state index contributed by atoms with van der Waals surface area (Å²) in [6.45, 7) is 5.47. The number of carbonyl (C=O) groups excluding carboxylic acids is 4. The highest BCUT2D eigenvalue weighted by Gasteiger charge is 2.36. The van der Waals surface area contributed by atoms with Crippen molar-refractivity contribution >= 4 is 51.1 Å². The maximum atomic E-state index is 12.5. The highest BCUT2D eigenvalue weighted by molar-refractivity contribution is 9.10. The molecule has 8 nitrogen and oxygen atoms in total. The first-order valence-electron chi connectivity index (χ1n) is 10.5. The van der Waals surface area contributed by atoms with Crippen LogP contribution in [0.2, 0.25) is 0 Å². The van der Waals surface area contributed by atoms with E-state index in [2.05, 4.69) is 21.2 Å². The van der Waals surface area contributed by atoms with E-state index in [1.807, 2.05) is 26.0 Å². The molecular formula is C24H25BrN2O6. The first kappa shape index (κ1) is 24.4. The number of benzene rings is 2. The summed E-state index contributed by atoms with van der Waals surface area (Å²) in [5.74, 6) is -2.40. The third-order valence-electron chi connectivity index (χ3n) is 5.27. The fourth-order valence-electron chi connectivity index (χ4n) is 3.46. The van der Waals surface area contributed by atoms with E-state index < -0.39 is 30.4 Å². The van der Waals surface area contributed by atoms with E-state index in [0.29, 0.717) is 16.9 Å². The number of amides is 2. The number of carbonyl (C=O) groups is 4. The van der Waals surface area contributed by atoms with Gasteiger partial charge in [-0.05, 0) is 68.3 Å². The predicted octanol–water partition coefficient (Wildman–Crippen LogP) is 3.78. The Kier molecular flexibility index (Phi) is 7.86. The topological polar surface area (TPSA) is 102 Å². The number of nitrogens with one attached hydrogen (secondary N) is 1. The van der Waals surface area contributed by atoms with Gasteiger partial charge in [0.25, 0.3) is 5.91 Å². The van der Waals surface area contributed by atoms with Crippen molar-refractivity contribution in [3.05, 3.63) is 57.6 Å². The summed E-state index contributed by atoms with van der Waals surface area (Å²) in [7, 11) is 0. The van der Waals surface area contributed by atoms with Crippen molar-refractivity contribution in [2.24, 2.45) is 5.92 Å². The van der Waals surface area contributed by atoms with Crippen LogP contribution in [0.4, 0.5) is 11.4 Å². The van der Waals surface area contributed by atoms with Gasteiger partial charge in [0.2, 0.25) is 5.91 Å². The monoisotopic (exact) mass is 516 g/mol. The molecular weight excluding hydrogens is 492 g/mol. The molecule has 1 aliphatic rings. The lowest BCUT2D eigenvalue weighted by Crippen LogP contribution is -2.28. The van der Waals surface area contributed by atoms with E-state index in [-0.39, 0.29) is 25.5 Å². The fraction of sp³-hybridized carbons (Fsp3) is 0.333. The predicted molar refractivity (Wildman–Crippen MR) is 126 cm³/mol. The standard InChI is InChI=1S/C24H25BrN2O6/c1-4-32-23(30)16-5-7-18(8-6-16)27-12-17(11-22(27)29)24(31)33-13-21(28)26-20-10-14(2)19(25)9-15(20)3/h5-10,17H,4,11-13H2,1-3H3,(H,26,28)/t17-/m1/s1. The van der Waals surface area contributed by atoms with Crippen LogP contribution in [0.3, 0.4) is 0 Å². The van der Waals surface area contributed by atoms with Gasteiger partial charge in [-0.1, -0.05) is 15.9 Å². The lowest BCUT2D eigenvalue weighted by Gasteiger charge is -2.17. The fourth-order valence-corrected chi connectivity index (χ4v) is 3.92. The SMILES string of the molecule is CCOC(=O)c1ccc(N2C[C@H](C(=O)OCC(=O)Nc3cc(C)c(Br)cc3C)CC2=O)cc1. The average Bonchev–Trinajstić information content (AvgIpc) is 3.17. The third-order valence-corrected chi connectivity index (χ3v) is 6.13. The minimum Gasteiger partial charge on any atom is -0.462 e. The minimum atomic E-state index is -0.674. The number of rotatable bonds is 7. The average molecular weight is 517 g/mol. The lowest BCUT2D eigenvalue weighted by atomic mass is 10.1. The Balaban J connectivity index is 1.54. The van der Waals surface area contributed by atoms with Gasteiger partial charge in [-0.25, -0.2) is 4.79 Å². The van der Waals surface area contributed by atoms with Crippen LogP contribution in [0.25, 0.3) is 0 Å². The summed E-state index contributed by atoms with van der Waals surface area (Å²) >= 11 is 3.44. The Morgan fingerprint density at radius 2 is 1.79 bits per heavy atom. The second kappa shape index (κ2) is 10.6. The number of ether oxygens (including phenoxy) is 2. The first-order valence-corrected chi connectivity index (χ1v) is 11.3. The molecule has 1 N–H and O–H groups in total. The normalized spacial score (nSPS) is 15.3. The second-order valence-corrected chi connectivity index (χ2v) is 8.60. The molecule has 1 saturated heterocycles. The quantitative estimate of drug-likeness (QED) is 0.561. The van der Waals surface area contributed by atoms with Gasteiger partial charge in [0.05, 0.1) is 18.1 Å². The largest absolute Gasteiger partial charge is 0.462 e. The molecule has 2 amide bonds. The van der Waals surface area contributed by atoms with E-state index in [4.69, 9.17) is 9.47 Å². The lowest BCUT2D eigenvalue weighted by molar-refractivity contribution is -0.151. The van der Waals surface area contributed by atoms with Crippen LogP contribution in [0.15, 0.2) is 40.9 Å². The number of anilines is 2. The Morgan fingerprint density at radius 1 is 1.09 bits per heavy atom. The van der Waals surface area contributed by atoms with E-state index in [0.717, 1.165) is 15.6 Å². The molecule has 174 valence electrons. The minimum absolute atomic E-state index is 0.00883. The van der Waals surface area contributed by atoms with Crippen molar-refractivity contribution in [1.29, 1.82) is 0 Å². The van der Waals surface area contributed by atoms with Crippen molar-refractivity contribution in [2.45, 2.75) is 27.2 Å². The number of nitrogens with zero attached hydrogens (tertiary/aromatic N) is 1. The molecule has 9 heteroatoms. The van der Waals surface area contributed by atoms with E-state index >= 15 is 0 Å². The maximum Gasteiger partial charge on any atom is 0.338 e. The smallest absolute Gasteiger partial charge is 0.338 e. The van der Waals surface area contributed by atoms with Crippen LogP contribution >= 0.6 is 15.9 Å². The molecule has 0 spiro atoms. The van der Waals surface area contributed by atoms with Crippen molar-refractivity contribution in [3.8, 4) is 0 Å². The van der Waals surface area contributed by atoms with Crippen LogP contribution in [0.5, 0.6) is 0 Å². The highest BCUT2D eigenvalue weighted by atomic mass is 79.9. The van der Waals surface area contributed by atoms with E-state index in [9.17, 15) is 19.2 Å². The van der Waals surface area contributed by atoms with Crippen LogP contribution in [0, 0.1) is 19.8 Å². The van der Waals surface area contributed by atoms with Crippen LogP contribution in [-0.2, 0) is 23.9 Å². The molecule has 1 fully saturated rings. The van der Waals surface area contributed by atoms with Crippen molar-refractivity contribution < 1.29 is 28.7 Å². The molecule has 0 aliphatic carbocycles. The Labute approximate surface area is 200 Å². The first-order chi connectivity index (χ1) is 15.7. The van der Waals surface area contributed by atoms with Crippen LogP contribution < -0.4 is 10.2 Å². The van der Waals surface area contributed by atoms with Crippen LogP contribution in [-0.4, -0.2) is 43.5 Å². The molecule has 2 aromatic rings. The summed E-state index contributed by atoms with van der Waals surface area (Å²) in [5, 5.41) is 2.74. The third kappa shape index (κ3) is 5.98. The Morgan fingerprint density at radius 3 is 2.45 bits per heavy atom. The van der Waals surface area contributed by atoms with Gasteiger partial charge in [-0.2, -0.15) is 0 Å². The van der Waals surface area contributed by atoms with Gasteiger partial charge in [0.1, 0.15) is 0 Å². The summed E-state index contributed by atoms with van der Waals surface area (Å²) in [5.41, 5.74) is 3.43. The van der Waals surface area contributed by atoms with Gasteiger partial charge in [0, 0.05) is 28.8 Å². The summed E-state index contributed by atoms with van der Waals surface area (Å²) < 4.78 is 11.1. The molecule has 0 unspecified atom stereocenters. The van der Waals surface area contributed by atoms with Gasteiger partial charge < -0.3 is 19.7 Å². The summed E-state index contributed by atoms with van der Waals surface area (Å²) in [6, 6.07) is 10.1. The molecule has 2 aromatic carbocycles. The van der Waals surface area contributed by atoms with Crippen LogP contribution in [0.1, 0.15) is 34.8 Å². The van der Waals surface area contributed by atoms with E-state index in [1.165, 1.54) is 4.90 Å². The van der Waals surface area contributed by atoms with E-state index in [1.54, 1.807) is 31.2 Å². The molecule has 0 radical (unpaired) electrons. The number of hydrogen-bond donors (Lipinski definition) is 1. The Hall–Kier alpha value is -3.20. The Bertz CT molecular complexity index is 1080. The molecule has 0 aromatic heterocycles. The van der Waals surface area contributed by atoms with Gasteiger partial charge >= 0.3 is 11.9 Å². The molecule has 1 aliphatic heterocycles. The van der Waals surface area contributed by atoms with Crippen molar-refractivity contribution in [1.82, 2.24) is 0 Å². The zero-order chi connectivity index (χ0) is 24.1. The maximum absolute atomic E-state index is 12.5. The zero-order valence-corrected chi connectivity index (χ0v) is 20.2. The van der Waals surface area contributed by atoms with Gasteiger partial charge in [-0.15, -0.1) is 0 Å². The summed E-state index contributed by atoms with van der Waals surface area (Å²) in [6.07, 6.45) is -0.00883. The van der Waals surface area contributed by atoms with Gasteiger partial charge in [-0.3, -0.25) is 14.4 Å². The number of esters is 2. The van der Waals surface area contributed by atoms with Crippen molar-refractivity contribution in [2.75, 3.05) is 30.0 Å². The van der Waals surface area contributed by atoms with Gasteiger partial charge in [0.15, 0.2) is 6.61 Å². The number of aryl methyl sites for hydroxylation is 2. The molecule has 1 heterocycles. The molecule has 33 heavy (non-hydrogen) atoms. The number of hydrogen-bond acceptors (Lipinski definition) is 6.